The van der Waals surface area contributed by atoms with Crippen molar-refractivity contribution < 1.29 is 29.8 Å². The molecule has 3 aliphatic heterocycles. The average molecular weight is 652 g/mol. The first-order valence-electron chi connectivity index (χ1n) is 15.9. The lowest BCUT2D eigenvalue weighted by Crippen LogP contribution is -2.43. The van der Waals surface area contributed by atoms with Gasteiger partial charge in [0.25, 0.3) is 0 Å². The van der Waals surface area contributed by atoms with Crippen LogP contribution in [-0.4, -0.2) is 78.2 Å². The van der Waals surface area contributed by atoms with Gasteiger partial charge in [-0.25, -0.2) is 17.6 Å². The Morgan fingerprint density at radius 1 is 1.22 bits per heavy atom. The van der Waals surface area contributed by atoms with Crippen molar-refractivity contribution in [3.05, 3.63) is 41.0 Å². The highest BCUT2D eigenvalue weighted by Crippen LogP contribution is 2.47. The summed E-state index contributed by atoms with van der Waals surface area (Å²) >= 11 is 0.821. The largest absolute Gasteiger partial charge is 0.461 e. The zero-order chi connectivity index (χ0) is 33.7. The van der Waals surface area contributed by atoms with E-state index in [0.717, 1.165) is 17.4 Å². The van der Waals surface area contributed by atoms with Crippen molar-refractivity contribution in [2.45, 2.75) is 43.2 Å². The first-order chi connectivity index (χ1) is 23.0. The van der Waals surface area contributed by atoms with E-state index in [2.05, 4.69) is 9.97 Å². The van der Waals surface area contributed by atoms with E-state index in [0.29, 0.717) is 19.4 Å². The lowest BCUT2D eigenvalue weighted by molar-refractivity contribution is 0.107. The Labute approximate surface area is 267 Å². The Morgan fingerprint density at radius 2 is 2.07 bits per heavy atom. The van der Waals surface area contributed by atoms with E-state index in [-0.39, 0.29) is 86.8 Å². The molecule has 236 valence electrons. The molecule has 2 N–H and O–H groups in total. The highest BCUT2D eigenvalue weighted by atomic mass is 32.1. The van der Waals surface area contributed by atoms with Crippen LogP contribution in [0.25, 0.3) is 32.1 Å². The van der Waals surface area contributed by atoms with Gasteiger partial charge in [0.05, 0.1) is 49.4 Å². The number of fused-ring (bicyclic) bond motifs is 4. The Bertz CT molecular complexity index is 2110. The molecule has 3 saturated heterocycles. The first kappa shape index (κ1) is 26.9. The lowest BCUT2D eigenvalue weighted by atomic mass is 9.93. The van der Waals surface area contributed by atoms with Crippen molar-refractivity contribution >= 4 is 43.1 Å². The normalized spacial score (nSPS) is 28.3. The third kappa shape index (κ3) is 4.31. The van der Waals surface area contributed by atoms with Gasteiger partial charge in [-0.2, -0.15) is 20.5 Å². The van der Waals surface area contributed by atoms with Gasteiger partial charge >= 0.3 is 6.01 Å². The number of nitrogen functional groups attached to an aromatic ring is 1. The van der Waals surface area contributed by atoms with Crippen molar-refractivity contribution in [1.29, 1.82) is 10.5 Å². The summed E-state index contributed by atoms with van der Waals surface area (Å²) in [6, 6.07) is 6.40. The second-order valence-electron chi connectivity index (χ2n) is 12.2. The van der Waals surface area contributed by atoms with Gasteiger partial charge in [0.2, 0.25) is 0 Å². The smallest absolute Gasteiger partial charge is 0.319 e. The number of nitriles is 2. The minimum absolute atomic E-state index is 0.00645. The van der Waals surface area contributed by atoms with E-state index >= 15 is 8.78 Å². The molecular weight excluding hydrogens is 622 g/mol. The van der Waals surface area contributed by atoms with E-state index in [1.54, 1.807) is 9.80 Å². The molecule has 4 aromatic rings. The second-order valence-corrected chi connectivity index (χ2v) is 13.2. The molecule has 5 atom stereocenters. The molecule has 4 aliphatic rings. The van der Waals surface area contributed by atoms with Crippen LogP contribution >= 0.6 is 11.3 Å². The third-order valence-electron chi connectivity index (χ3n) is 9.60. The lowest BCUT2D eigenvalue weighted by Gasteiger charge is -2.31. The molecule has 46 heavy (non-hydrogen) atoms. The maximum atomic E-state index is 17.1. The molecule has 0 spiro atoms. The quantitative estimate of drug-likeness (QED) is 0.289. The fraction of sp³-hybridized carbons (Fsp3) is 0.438. The summed E-state index contributed by atoms with van der Waals surface area (Å²) in [5, 5.41) is 20.2. The van der Waals surface area contributed by atoms with Gasteiger partial charge < -0.3 is 20.1 Å². The summed E-state index contributed by atoms with van der Waals surface area (Å²) in [6.07, 6.45) is -1.67. The summed E-state index contributed by atoms with van der Waals surface area (Å²) in [5.74, 6) is -2.18. The first-order valence-corrected chi connectivity index (χ1v) is 15.7. The highest BCUT2D eigenvalue weighted by molar-refractivity contribution is 7.23. The molecule has 0 unspecified atom stereocenters. The molecule has 2 aromatic heterocycles. The number of thiophene rings is 1. The SMILES string of the molecule is [2H]C([2H])(Oc1nc(N2CCOC[C@H]3[C@H](F)[C@H]32)c2cc(C#N)c(-c3ccc(F)c4sc(N)c(C#N)c34)c(F)c2n1)[C@@]12CCCN1C[C@H](F)C2. The molecule has 8 rings (SSSR count). The van der Waals surface area contributed by atoms with Crippen molar-refractivity contribution in [2.24, 2.45) is 5.92 Å². The van der Waals surface area contributed by atoms with Crippen LogP contribution in [0.4, 0.5) is 28.4 Å². The maximum absolute atomic E-state index is 17.1. The van der Waals surface area contributed by atoms with Gasteiger partial charge in [0.15, 0.2) is 5.82 Å². The van der Waals surface area contributed by atoms with E-state index in [1.165, 1.54) is 12.1 Å². The fourth-order valence-electron chi connectivity index (χ4n) is 7.40. The van der Waals surface area contributed by atoms with Crippen molar-refractivity contribution in [3.63, 3.8) is 0 Å². The van der Waals surface area contributed by atoms with Gasteiger partial charge in [-0.05, 0) is 37.1 Å². The number of aromatic nitrogens is 2. The van der Waals surface area contributed by atoms with Crippen LogP contribution in [0, 0.1) is 40.2 Å². The van der Waals surface area contributed by atoms with Gasteiger partial charge in [0.1, 0.15) is 47.1 Å². The summed E-state index contributed by atoms with van der Waals surface area (Å²) in [6.45, 7) is -1.43. The summed E-state index contributed by atoms with van der Waals surface area (Å²) in [5.41, 5.74) is 3.83. The zero-order valence-electron chi connectivity index (χ0n) is 26.2. The Balaban J connectivity index is 1.36. The van der Waals surface area contributed by atoms with Crippen LogP contribution in [0.1, 0.15) is 33.1 Å². The molecule has 0 radical (unpaired) electrons. The highest BCUT2D eigenvalue weighted by Gasteiger charge is 2.56. The summed E-state index contributed by atoms with van der Waals surface area (Å²) in [4.78, 5) is 12.2. The molecule has 2 aromatic carbocycles. The van der Waals surface area contributed by atoms with Crippen LogP contribution in [0.15, 0.2) is 18.2 Å². The predicted molar refractivity (Wildman–Crippen MR) is 163 cm³/mol. The number of ether oxygens (including phenoxy) is 2. The second kappa shape index (κ2) is 10.7. The fourth-order valence-corrected chi connectivity index (χ4v) is 8.35. The van der Waals surface area contributed by atoms with Crippen molar-refractivity contribution in [2.75, 3.05) is 50.0 Å². The molecule has 4 fully saturated rings. The molecule has 9 nitrogen and oxygen atoms in total. The van der Waals surface area contributed by atoms with E-state index in [1.807, 2.05) is 12.1 Å². The van der Waals surface area contributed by atoms with Crippen LogP contribution in [0.5, 0.6) is 6.01 Å². The topological polar surface area (TPSA) is 124 Å². The molecule has 14 heteroatoms. The minimum Gasteiger partial charge on any atom is -0.461 e. The number of rotatable bonds is 5. The van der Waals surface area contributed by atoms with E-state index in [4.69, 9.17) is 17.9 Å². The standard InChI is InChI=1S/C32H27F4N7O2S/c33-16-9-32(4-1-5-42(32)12-16)14-45-31-40-26-18(30(41-31)43-6-7-44-13-20-24(35)27(20)43)8-15(10-37)22(25(26)36)17-2-3-21(34)28-23(17)19(11-38)29(39)46-28/h2-3,8,16,20,24,27H,1,4-7,9,12-14,39H2/t16-,20+,24+,27+,32+/m1/s1/i14D2. The van der Waals surface area contributed by atoms with Crippen LogP contribution < -0.4 is 15.4 Å². The summed E-state index contributed by atoms with van der Waals surface area (Å²) in [7, 11) is 0. The average Bonchev–Trinajstić information content (AvgIpc) is 3.23. The molecule has 5 heterocycles. The molecular formula is C32H27F4N7O2S. The number of alkyl halides is 2. The van der Waals surface area contributed by atoms with Crippen LogP contribution in [-0.2, 0) is 4.74 Å². The van der Waals surface area contributed by atoms with Crippen LogP contribution in [0.3, 0.4) is 0 Å². The number of anilines is 2. The Kier molecular flexibility index (Phi) is 6.24. The minimum atomic E-state index is -2.51. The molecule has 1 aliphatic carbocycles. The third-order valence-corrected chi connectivity index (χ3v) is 10.6. The van der Waals surface area contributed by atoms with E-state index < -0.39 is 54.0 Å². The predicted octanol–water partition coefficient (Wildman–Crippen LogP) is 5.24. The number of hydrogen-bond donors (Lipinski definition) is 1. The molecule has 0 amide bonds. The summed E-state index contributed by atoms with van der Waals surface area (Å²) < 4.78 is 91.2. The maximum Gasteiger partial charge on any atom is 0.319 e. The van der Waals surface area contributed by atoms with Crippen molar-refractivity contribution in [3.8, 4) is 29.3 Å². The van der Waals surface area contributed by atoms with Gasteiger partial charge in [-0.15, -0.1) is 11.3 Å². The Hall–Kier alpha value is -4.24. The number of halogens is 4. The number of benzene rings is 2. The molecule has 1 saturated carbocycles. The van der Waals surface area contributed by atoms with Crippen molar-refractivity contribution in [1.82, 2.24) is 14.9 Å². The zero-order valence-corrected chi connectivity index (χ0v) is 25.0. The Morgan fingerprint density at radius 3 is 2.87 bits per heavy atom. The van der Waals surface area contributed by atoms with Crippen LogP contribution in [0.2, 0.25) is 0 Å². The number of hydrogen-bond acceptors (Lipinski definition) is 10. The van der Waals surface area contributed by atoms with Gasteiger partial charge in [-0.1, -0.05) is 6.07 Å². The monoisotopic (exact) mass is 651 g/mol. The number of nitrogens with zero attached hydrogens (tertiary/aromatic N) is 6. The molecule has 0 bridgehead atoms. The van der Waals surface area contributed by atoms with Gasteiger partial charge in [0, 0.05) is 41.8 Å². The van der Waals surface area contributed by atoms with E-state index in [9.17, 15) is 19.3 Å². The number of nitrogens with two attached hydrogens (primary N) is 1. The van der Waals surface area contributed by atoms with Gasteiger partial charge in [-0.3, -0.25) is 4.90 Å².